The van der Waals surface area contributed by atoms with Crippen LogP contribution in [0, 0.1) is 6.92 Å². The van der Waals surface area contributed by atoms with E-state index in [0.29, 0.717) is 5.46 Å². The van der Waals surface area contributed by atoms with Crippen molar-refractivity contribution in [3.05, 3.63) is 61.0 Å². The third kappa shape index (κ3) is 8.79. The van der Waals surface area contributed by atoms with Gasteiger partial charge in [-0.25, -0.2) is 0 Å². The van der Waals surface area contributed by atoms with E-state index in [1.807, 2.05) is 18.2 Å². The van der Waals surface area contributed by atoms with E-state index in [0.717, 1.165) is 24.0 Å². The molecule has 25 heavy (non-hydrogen) atoms. The van der Waals surface area contributed by atoms with Crippen molar-refractivity contribution in [3.8, 4) is 11.1 Å². The van der Waals surface area contributed by atoms with E-state index in [1.54, 1.807) is 6.07 Å². The predicted molar refractivity (Wildman–Crippen MR) is 105 cm³/mol. The molecule has 0 saturated heterocycles. The summed E-state index contributed by atoms with van der Waals surface area (Å²) in [6, 6.07) is 15.8. The van der Waals surface area contributed by atoms with Gasteiger partial charge in [-0.15, -0.1) is 0 Å². The van der Waals surface area contributed by atoms with Crippen molar-refractivity contribution in [2.45, 2.75) is 52.4 Å². The second-order valence-corrected chi connectivity index (χ2v) is 5.97. The first-order valence-electron chi connectivity index (χ1n) is 8.97. The quantitative estimate of drug-likeness (QED) is 0.457. The van der Waals surface area contributed by atoms with Gasteiger partial charge in [0.1, 0.15) is 0 Å². The van der Waals surface area contributed by atoms with Crippen LogP contribution >= 0.6 is 0 Å². The van der Waals surface area contributed by atoms with Crippen molar-refractivity contribution in [1.82, 2.24) is 0 Å². The van der Waals surface area contributed by atoms with Crippen LogP contribution < -0.4 is 24.3 Å². The molecule has 0 bridgehead atoms. The first-order chi connectivity index (χ1) is 11.6. The summed E-state index contributed by atoms with van der Waals surface area (Å²) >= 11 is 0. The molecular weight excluding hydrogens is 302 g/mol. The van der Waals surface area contributed by atoms with E-state index < -0.39 is 7.12 Å². The smallest absolute Gasteiger partial charge is 0.423 e. The summed E-state index contributed by atoms with van der Waals surface area (Å²) in [5, 5.41) is 18.8. The van der Waals surface area contributed by atoms with Crippen LogP contribution in [-0.2, 0) is 6.42 Å². The fraction of sp³-hybridized carbons (Fsp3) is 0.381. The maximum absolute atomic E-state index is 9.42. The molecule has 0 aliphatic rings. The number of hydrogen-bond donors (Lipinski definition) is 2. The molecule has 0 aliphatic heterocycles. The third-order valence-corrected chi connectivity index (χ3v) is 3.93. The molecule has 0 aromatic heterocycles. The SMILES string of the molecule is CCCCCc1ccc(-c2ccccc2B(O)O)cc1.[CH2-]CCC.[Li+]. The summed E-state index contributed by atoms with van der Waals surface area (Å²) in [5.41, 5.74) is 3.78. The molecule has 0 fully saturated rings. The predicted octanol–water partition coefficient (Wildman–Crippen LogP) is 1.39. The van der Waals surface area contributed by atoms with Crippen molar-refractivity contribution < 1.29 is 28.9 Å². The van der Waals surface area contributed by atoms with Gasteiger partial charge in [-0.2, -0.15) is 6.42 Å². The monoisotopic (exact) mass is 332 g/mol. The van der Waals surface area contributed by atoms with Crippen LogP contribution in [0.4, 0.5) is 0 Å². The molecule has 2 rings (SSSR count). The largest absolute Gasteiger partial charge is 1.00 e. The molecule has 130 valence electrons. The first kappa shape index (κ1) is 24.0. The van der Waals surface area contributed by atoms with Crippen molar-refractivity contribution >= 4 is 12.6 Å². The minimum Gasteiger partial charge on any atom is -0.423 e. The Morgan fingerprint density at radius 2 is 1.48 bits per heavy atom. The molecular formula is C21H30BLiO2. The van der Waals surface area contributed by atoms with Crippen molar-refractivity contribution in [2.75, 3.05) is 0 Å². The van der Waals surface area contributed by atoms with E-state index in [-0.39, 0.29) is 18.9 Å². The van der Waals surface area contributed by atoms with E-state index in [2.05, 4.69) is 45.0 Å². The van der Waals surface area contributed by atoms with Gasteiger partial charge in [0, 0.05) is 0 Å². The zero-order chi connectivity index (χ0) is 17.8. The molecule has 0 radical (unpaired) electrons. The first-order valence-corrected chi connectivity index (χ1v) is 8.97. The van der Waals surface area contributed by atoms with Crippen molar-refractivity contribution in [3.63, 3.8) is 0 Å². The molecule has 4 heteroatoms. The number of aryl methyl sites for hydroxylation is 1. The van der Waals surface area contributed by atoms with Crippen LogP contribution in [0.3, 0.4) is 0 Å². The van der Waals surface area contributed by atoms with Gasteiger partial charge in [0.25, 0.3) is 0 Å². The van der Waals surface area contributed by atoms with Crippen LogP contribution in [0.1, 0.15) is 51.5 Å². The maximum atomic E-state index is 9.42. The van der Waals surface area contributed by atoms with Crippen LogP contribution in [0.2, 0.25) is 0 Å². The Morgan fingerprint density at radius 1 is 0.880 bits per heavy atom. The van der Waals surface area contributed by atoms with E-state index in [9.17, 15) is 10.0 Å². The number of hydrogen-bond acceptors (Lipinski definition) is 2. The second kappa shape index (κ2) is 14.2. The number of rotatable bonds is 7. The minimum atomic E-state index is -1.43. The fourth-order valence-corrected chi connectivity index (χ4v) is 2.42. The molecule has 0 unspecified atom stereocenters. The maximum Gasteiger partial charge on any atom is 1.00 e. The molecule has 0 spiro atoms. The Labute approximate surface area is 166 Å². The fourth-order valence-electron chi connectivity index (χ4n) is 2.42. The van der Waals surface area contributed by atoms with E-state index in [1.165, 1.54) is 31.2 Å². The molecule has 0 heterocycles. The molecule has 2 nitrogen and oxygen atoms in total. The normalized spacial score (nSPS) is 9.64. The Balaban J connectivity index is 0.00000104. The van der Waals surface area contributed by atoms with Gasteiger partial charge in [-0.1, -0.05) is 81.6 Å². The van der Waals surface area contributed by atoms with Crippen molar-refractivity contribution in [1.29, 1.82) is 0 Å². The van der Waals surface area contributed by atoms with Crippen LogP contribution in [-0.4, -0.2) is 17.2 Å². The van der Waals surface area contributed by atoms with Gasteiger partial charge in [-0.3, -0.25) is 0 Å². The van der Waals surface area contributed by atoms with Crippen LogP contribution in [0.5, 0.6) is 0 Å². The molecule has 2 aromatic rings. The summed E-state index contributed by atoms with van der Waals surface area (Å²) < 4.78 is 0. The van der Waals surface area contributed by atoms with Gasteiger partial charge in [0.15, 0.2) is 0 Å². The van der Waals surface area contributed by atoms with Crippen molar-refractivity contribution in [2.24, 2.45) is 0 Å². The minimum absolute atomic E-state index is 0. The van der Waals surface area contributed by atoms with E-state index >= 15 is 0 Å². The summed E-state index contributed by atoms with van der Waals surface area (Å²) in [7, 11) is -1.43. The molecule has 2 aromatic carbocycles. The summed E-state index contributed by atoms with van der Waals surface area (Å²) in [4.78, 5) is 0. The Kier molecular flexibility index (Phi) is 13.7. The topological polar surface area (TPSA) is 40.5 Å². The number of unbranched alkanes of at least 4 members (excludes halogenated alkanes) is 3. The Bertz CT molecular complexity index is 568. The number of benzene rings is 2. The average Bonchev–Trinajstić information content (AvgIpc) is 2.63. The molecule has 0 amide bonds. The molecule has 2 N–H and O–H groups in total. The van der Waals surface area contributed by atoms with Gasteiger partial charge in [-0.05, 0) is 35.0 Å². The van der Waals surface area contributed by atoms with Crippen LogP contribution in [0.25, 0.3) is 11.1 Å². The molecule has 0 atom stereocenters. The van der Waals surface area contributed by atoms with Crippen LogP contribution in [0.15, 0.2) is 48.5 Å². The zero-order valence-electron chi connectivity index (χ0n) is 16.0. The standard InChI is InChI=1S/C17H21BO2.C4H9.Li/c1-2-3-4-7-14-10-12-15(13-11-14)16-8-5-6-9-17(16)18(19)20;1-3-4-2;/h5-6,8-13,19-20H,2-4,7H2,1H3;1,3-4H2,2H3;/q;-1;+1. The Morgan fingerprint density at radius 3 is 2.00 bits per heavy atom. The van der Waals surface area contributed by atoms with Gasteiger partial charge < -0.3 is 17.0 Å². The van der Waals surface area contributed by atoms with Gasteiger partial charge in [0.05, 0.1) is 0 Å². The zero-order valence-corrected chi connectivity index (χ0v) is 16.0. The molecule has 0 aliphatic carbocycles. The Hall–Kier alpha value is -0.978. The third-order valence-electron chi connectivity index (χ3n) is 3.93. The van der Waals surface area contributed by atoms with E-state index in [4.69, 9.17) is 0 Å². The van der Waals surface area contributed by atoms with Gasteiger partial charge >= 0.3 is 26.0 Å². The summed E-state index contributed by atoms with van der Waals surface area (Å²) in [5.74, 6) is 0. The average molecular weight is 332 g/mol. The molecule has 0 saturated carbocycles. The summed E-state index contributed by atoms with van der Waals surface area (Å²) in [6.45, 7) is 7.93. The van der Waals surface area contributed by atoms with Gasteiger partial charge in [0.2, 0.25) is 0 Å². The summed E-state index contributed by atoms with van der Waals surface area (Å²) in [6.07, 6.45) is 7.11. The second-order valence-electron chi connectivity index (χ2n) is 5.97.